The zero-order chi connectivity index (χ0) is 49.2. The third-order valence-corrected chi connectivity index (χ3v) is 13.7. The fourth-order valence-corrected chi connectivity index (χ4v) is 9.15. The van der Waals surface area contributed by atoms with Gasteiger partial charge in [-0.15, -0.1) is 0 Å². The Morgan fingerprint density at radius 2 is 0.746 bits per heavy atom. The van der Waals surface area contributed by atoms with Crippen molar-refractivity contribution in [2.45, 2.75) is 309 Å². The van der Waals surface area contributed by atoms with Crippen LogP contribution in [-0.2, 0) is 28.6 Å². The molecule has 0 aromatic heterocycles. The smallest absolute Gasteiger partial charge is 0.362 e. The van der Waals surface area contributed by atoms with Gasteiger partial charge in [0, 0.05) is 19.3 Å². The van der Waals surface area contributed by atoms with E-state index < -0.39 is 18.1 Å². The molecule has 1 N–H and O–H groups in total. The Morgan fingerprint density at radius 3 is 1.07 bits per heavy atom. The summed E-state index contributed by atoms with van der Waals surface area (Å²) in [6.07, 6.45) is 58.5. The first kappa shape index (κ1) is 65.1. The van der Waals surface area contributed by atoms with Gasteiger partial charge in [0.2, 0.25) is 0 Å². The third-order valence-electron chi connectivity index (χ3n) is 13.7. The highest BCUT2D eigenvalue weighted by atomic mass is 16.6. The van der Waals surface area contributed by atoms with Crippen molar-refractivity contribution in [2.24, 2.45) is 0 Å². The molecule has 0 bridgehead atoms. The van der Waals surface area contributed by atoms with Crippen molar-refractivity contribution in [3.63, 3.8) is 0 Å². The zero-order valence-electron chi connectivity index (χ0n) is 45.4. The number of carboxylic acids is 1. The van der Waals surface area contributed by atoms with Gasteiger partial charge in [0.1, 0.15) is 6.61 Å². The lowest BCUT2D eigenvalue weighted by Crippen LogP contribution is -2.50. The average Bonchev–Trinajstić information content (AvgIpc) is 3.29. The fourth-order valence-electron chi connectivity index (χ4n) is 9.15. The fraction of sp³-hybridized carbons (Fsp3) is 0.915. The topological polar surface area (TPSA) is 99.1 Å². The molecule has 0 radical (unpaired) electrons. The van der Waals surface area contributed by atoms with Crippen LogP contribution in [0.4, 0.5) is 0 Å². The van der Waals surface area contributed by atoms with E-state index in [1.54, 1.807) is 0 Å². The van der Waals surface area contributed by atoms with Crippen molar-refractivity contribution in [3.05, 3.63) is 12.2 Å². The predicted octanol–water partition coefficient (Wildman–Crippen LogP) is 17.4. The lowest BCUT2D eigenvalue weighted by Gasteiger charge is -2.31. The summed E-state index contributed by atoms with van der Waals surface area (Å²) < 4.78 is 17.4. The first-order chi connectivity index (χ1) is 32.6. The van der Waals surface area contributed by atoms with Gasteiger partial charge in [0.05, 0.1) is 34.4 Å². The van der Waals surface area contributed by atoms with Crippen molar-refractivity contribution in [3.8, 4) is 0 Å². The molecule has 2 atom stereocenters. The molecule has 0 rings (SSSR count). The molecule has 0 saturated heterocycles. The van der Waals surface area contributed by atoms with E-state index in [9.17, 15) is 19.5 Å². The zero-order valence-corrected chi connectivity index (χ0v) is 45.4. The van der Waals surface area contributed by atoms with Crippen LogP contribution in [0.25, 0.3) is 0 Å². The number of likely N-dealkylation sites (N-methyl/N-ethyl adjacent to an activating group) is 1. The van der Waals surface area contributed by atoms with E-state index in [4.69, 9.17) is 14.2 Å². The molecular weight excluding hydrogens is 835 g/mol. The molecule has 0 amide bonds. The number of rotatable bonds is 54. The lowest BCUT2D eigenvalue weighted by atomic mass is 10.0. The van der Waals surface area contributed by atoms with Crippen LogP contribution >= 0.6 is 0 Å². The largest absolute Gasteiger partial charge is 0.477 e. The van der Waals surface area contributed by atoms with Crippen LogP contribution in [0.5, 0.6) is 0 Å². The van der Waals surface area contributed by atoms with Crippen molar-refractivity contribution < 1.29 is 38.2 Å². The highest BCUT2D eigenvalue weighted by Gasteiger charge is 2.31. The minimum atomic E-state index is -0.870. The standard InChI is InChI=1S/C59H113NO7/c1-6-8-10-12-14-16-18-20-22-24-26-28-29-30-32-34-36-38-40-42-44-46-48-50-58(62)67-55(53-65-52-51-56(59(63)64)60(3,4)5)54-66-57(61)49-47-45-43-41-39-37-35-33-31-27-25-23-21-19-17-15-13-11-9-7-2/h27,31,55-56H,6-26,28-30,32-54H2,1-5H3/p+1/b31-27+. The highest BCUT2D eigenvalue weighted by Crippen LogP contribution is 2.18. The van der Waals surface area contributed by atoms with Gasteiger partial charge in [0.15, 0.2) is 12.1 Å². The van der Waals surface area contributed by atoms with Crippen LogP contribution in [0.1, 0.15) is 296 Å². The van der Waals surface area contributed by atoms with Crippen LogP contribution in [0.3, 0.4) is 0 Å². The summed E-state index contributed by atoms with van der Waals surface area (Å²) in [7, 11) is 5.56. The molecule has 0 aromatic rings. The molecule has 8 heteroatoms. The number of allylic oxidation sites excluding steroid dienone is 2. The van der Waals surface area contributed by atoms with Crippen molar-refractivity contribution in [2.75, 3.05) is 41.0 Å². The van der Waals surface area contributed by atoms with E-state index in [1.165, 1.54) is 225 Å². The number of esters is 2. The Morgan fingerprint density at radius 1 is 0.433 bits per heavy atom. The van der Waals surface area contributed by atoms with Crippen molar-refractivity contribution >= 4 is 17.9 Å². The van der Waals surface area contributed by atoms with E-state index in [1.807, 2.05) is 21.1 Å². The Kier molecular flexibility index (Phi) is 49.0. The van der Waals surface area contributed by atoms with Crippen molar-refractivity contribution in [1.29, 1.82) is 0 Å². The van der Waals surface area contributed by atoms with Crippen LogP contribution < -0.4 is 0 Å². The number of ether oxygens (including phenoxy) is 3. The second-order valence-electron chi connectivity index (χ2n) is 21.3. The van der Waals surface area contributed by atoms with E-state index in [0.29, 0.717) is 19.3 Å². The van der Waals surface area contributed by atoms with Gasteiger partial charge in [-0.05, 0) is 38.5 Å². The molecule has 0 aliphatic carbocycles. The van der Waals surface area contributed by atoms with Crippen LogP contribution in [-0.4, -0.2) is 80.6 Å². The van der Waals surface area contributed by atoms with Crippen LogP contribution in [0, 0.1) is 0 Å². The monoisotopic (exact) mass is 949 g/mol. The third kappa shape index (κ3) is 48.9. The van der Waals surface area contributed by atoms with E-state index >= 15 is 0 Å². The number of carbonyl (C=O) groups is 3. The van der Waals surface area contributed by atoms with E-state index in [0.717, 1.165) is 38.5 Å². The minimum Gasteiger partial charge on any atom is -0.477 e. The predicted molar refractivity (Wildman–Crippen MR) is 285 cm³/mol. The Bertz CT molecular complexity index is 1100. The highest BCUT2D eigenvalue weighted by molar-refractivity contribution is 5.72. The molecular formula is C59H114NO7+. The number of hydrogen-bond acceptors (Lipinski definition) is 6. The maximum atomic E-state index is 12.8. The molecule has 0 aliphatic rings. The summed E-state index contributed by atoms with van der Waals surface area (Å²) in [5.74, 6) is -1.44. The van der Waals surface area contributed by atoms with Gasteiger partial charge in [-0.25, -0.2) is 4.79 Å². The Labute approximate surface area is 416 Å². The molecule has 0 saturated carbocycles. The molecule has 0 fully saturated rings. The normalized spacial score (nSPS) is 12.8. The van der Waals surface area contributed by atoms with Crippen molar-refractivity contribution in [1.82, 2.24) is 0 Å². The number of aliphatic carboxylic acids is 1. The average molecular weight is 950 g/mol. The number of carboxylic acid groups (broad SMARTS) is 1. The molecule has 0 aromatic carbocycles. The first-order valence-electron chi connectivity index (χ1n) is 29.2. The SMILES string of the molecule is CCCCCCCCCCC/C=C/CCCCCCCCCC(=O)OCC(COCCC(C(=O)O)[N+](C)(C)C)OC(=O)CCCCCCCCCCCCCCCCCCCCCCCCC. The summed E-state index contributed by atoms with van der Waals surface area (Å²) >= 11 is 0. The minimum absolute atomic E-state index is 0.0463. The first-order valence-corrected chi connectivity index (χ1v) is 29.2. The van der Waals surface area contributed by atoms with Gasteiger partial charge >= 0.3 is 17.9 Å². The van der Waals surface area contributed by atoms with Gasteiger partial charge in [0.25, 0.3) is 0 Å². The number of carbonyl (C=O) groups excluding carboxylic acids is 2. The number of hydrogen-bond donors (Lipinski definition) is 1. The lowest BCUT2D eigenvalue weighted by molar-refractivity contribution is -0.887. The summed E-state index contributed by atoms with van der Waals surface area (Å²) in [5, 5.41) is 9.68. The molecule has 0 aliphatic heterocycles. The molecule has 0 spiro atoms. The molecule has 0 heterocycles. The van der Waals surface area contributed by atoms with Gasteiger partial charge < -0.3 is 23.8 Å². The summed E-state index contributed by atoms with van der Waals surface area (Å²) in [6.45, 7) is 4.80. The van der Waals surface area contributed by atoms with E-state index in [2.05, 4.69) is 26.0 Å². The number of quaternary nitrogens is 1. The summed E-state index contributed by atoms with van der Waals surface area (Å²) in [5.41, 5.74) is 0. The Balaban J connectivity index is 4.12. The van der Waals surface area contributed by atoms with Crippen LogP contribution in [0.15, 0.2) is 12.2 Å². The number of unbranched alkanes of at least 4 members (excludes halogenated alkanes) is 38. The molecule has 2 unspecified atom stereocenters. The van der Waals surface area contributed by atoms with Gasteiger partial charge in [-0.2, -0.15) is 0 Å². The van der Waals surface area contributed by atoms with Crippen LogP contribution in [0.2, 0.25) is 0 Å². The second kappa shape index (κ2) is 50.5. The quantitative estimate of drug-likeness (QED) is 0.0281. The molecule has 67 heavy (non-hydrogen) atoms. The maximum Gasteiger partial charge on any atom is 0.362 e. The molecule has 396 valence electrons. The van der Waals surface area contributed by atoms with Gasteiger partial charge in [-0.1, -0.05) is 251 Å². The maximum absolute atomic E-state index is 12.8. The second-order valence-corrected chi connectivity index (χ2v) is 21.3. The Hall–Kier alpha value is -1.93. The summed E-state index contributed by atoms with van der Waals surface area (Å²) in [6, 6.07) is -0.612. The van der Waals surface area contributed by atoms with E-state index in [-0.39, 0.29) is 36.2 Å². The molecule has 8 nitrogen and oxygen atoms in total. The number of nitrogens with zero attached hydrogens (tertiary/aromatic N) is 1. The summed E-state index contributed by atoms with van der Waals surface area (Å²) in [4.78, 5) is 37.3. The van der Waals surface area contributed by atoms with Gasteiger partial charge in [-0.3, -0.25) is 9.59 Å².